The summed E-state index contributed by atoms with van der Waals surface area (Å²) < 4.78 is 7.15. The van der Waals surface area contributed by atoms with Crippen molar-refractivity contribution < 1.29 is 4.42 Å². The monoisotopic (exact) mass is 318 g/mol. The highest BCUT2D eigenvalue weighted by Gasteiger charge is 2.14. The van der Waals surface area contributed by atoms with E-state index in [1.165, 1.54) is 16.0 Å². The third kappa shape index (κ3) is 1.73. The normalized spacial score (nSPS) is 12.4. The lowest BCUT2D eigenvalue weighted by Crippen LogP contribution is -2.37. The van der Waals surface area contributed by atoms with Crippen molar-refractivity contribution >= 4 is 51.1 Å². The molecule has 0 fully saturated rings. The van der Waals surface area contributed by atoms with E-state index in [0.29, 0.717) is 0 Å². The number of halogens is 1. The molecule has 0 bridgehead atoms. The van der Waals surface area contributed by atoms with Crippen LogP contribution in [0.1, 0.15) is 0 Å². The maximum Gasteiger partial charge on any atom is 0.149 e. The van der Waals surface area contributed by atoms with Gasteiger partial charge in [-0.3, -0.25) is 0 Å². The van der Waals surface area contributed by atoms with Crippen LogP contribution in [0, 0.1) is 0 Å². The molecule has 0 aliphatic heterocycles. The summed E-state index contributed by atoms with van der Waals surface area (Å²) in [6, 6.07) is 12.7. The maximum absolute atomic E-state index is 6.13. The molecule has 0 saturated heterocycles. The first-order valence-corrected chi connectivity index (χ1v) is 10.4. The number of hydrogen-bond acceptors (Lipinski definition) is 1. The van der Waals surface area contributed by atoms with E-state index in [0.717, 1.165) is 15.6 Å². The molecule has 3 aromatic rings. The lowest BCUT2D eigenvalue weighted by Gasteiger charge is -2.28. The lowest BCUT2D eigenvalue weighted by molar-refractivity contribution is 0.669. The topological polar surface area (TPSA) is 13.1 Å². The minimum absolute atomic E-state index is 0.957. The van der Waals surface area contributed by atoms with Crippen molar-refractivity contribution in [3.63, 3.8) is 0 Å². The second-order valence-electron chi connectivity index (χ2n) is 5.65. The van der Waals surface area contributed by atoms with E-state index in [1.54, 1.807) is 0 Å². The first kappa shape index (κ1) is 12.0. The quantitative estimate of drug-likeness (QED) is 0.582. The number of rotatable bonds is 1. The zero-order chi connectivity index (χ0) is 12.9. The summed E-state index contributed by atoms with van der Waals surface area (Å²) in [6.07, 6.45) is 0. The maximum atomic E-state index is 6.13. The molecule has 3 rings (SSSR count). The molecule has 3 heteroatoms. The van der Waals surface area contributed by atoms with Crippen LogP contribution in [0.3, 0.4) is 0 Å². The van der Waals surface area contributed by atoms with Gasteiger partial charge in [0, 0.05) is 10.8 Å². The van der Waals surface area contributed by atoms with Crippen LogP contribution in [-0.4, -0.2) is 8.07 Å². The van der Waals surface area contributed by atoms with Crippen molar-refractivity contribution in [2.45, 2.75) is 19.6 Å². The van der Waals surface area contributed by atoms with E-state index in [2.05, 4.69) is 65.9 Å². The Kier molecular flexibility index (Phi) is 2.64. The molecule has 2 aromatic carbocycles. The van der Waals surface area contributed by atoms with Crippen molar-refractivity contribution in [3.05, 3.63) is 40.9 Å². The van der Waals surface area contributed by atoms with E-state index in [1.807, 2.05) is 6.07 Å². The van der Waals surface area contributed by atoms with Crippen LogP contribution in [0.4, 0.5) is 0 Å². The van der Waals surface area contributed by atoms with Crippen LogP contribution in [0.25, 0.3) is 21.9 Å². The van der Waals surface area contributed by atoms with Gasteiger partial charge in [-0.25, -0.2) is 0 Å². The van der Waals surface area contributed by atoms with Crippen molar-refractivity contribution in [2.24, 2.45) is 0 Å². The fraction of sp³-hybridized carbons (Fsp3) is 0.200. The molecule has 0 saturated carbocycles. The van der Waals surface area contributed by atoms with Gasteiger partial charge in [-0.15, -0.1) is 13.3 Å². The molecule has 0 radical (unpaired) electrons. The molecular weight excluding hydrogens is 304 g/mol. The highest BCUT2D eigenvalue weighted by molar-refractivity contribution is 9.10. The predicted octanol–water partition coefficient (Wildman–Crippen LogP) is 4.89. The van der Waals surface area contributed by atoms with Crippen molar-refractivity contribution in [1.29, 1.82) is 0 Å². The first-order valence-electron chi connectivity index (χ1n) is 6.09. The third-order valence-corrected chi connectivity index (χ3v) is 5.92. The summed E-state index contributed by atoms with van der Waals surface area (Å²) in [7, 11) is -1.39. The van der Waals surface area contributed by atoms with E-state index >= 15 is 0 Å². The van der Waals surface area contributed by atoms with Gasteiger partial charge in [-0.2, -0.15) is 19.6 Å². The van der Waals surface area contributed by atoms with E-state index in [4.69, 9.17) is 4.42 Å². The molecule has 1 heterocycles. The number of furan rings is 1. The standard InChI is InChI=1S/C15H15BrOSi/c1-18(2,3)13-9-5-7-11-10-6-4-8-12(16)14(10)17-15(11)13/h4-9H,1-3H3/q-1. The Hall–Kier alpha value is -1.06. The number of hydrogen-bond donors (Lipinski definition) is 0. The van der Waals surface area contributed by atoms with Crippen molar-refractivity contribution in [2.75, 3.05) is 0 Å². The zero-order valence-electron chi connectivity index (χ0n) is 10.8. The van der Waals surface area contributed by atoms with Gasteiger partial charge in [0.1, 0.15) is 11.2 Å². The Morgan fingerprint density at radius 2 is 1.50 bits per heavy atom. The molecule has 1 nitrogen and oxygen atoms in total. The van der Waals surface area contributed by atoms with Gasteiger partial charge in [0.2, 0.25) is 0 Å². The Bertz CT molecular complexity index is 737. The molecule has 0 N–H and O–H groups in total. The molecule has 0 aliphatic carbocycles. The van der Waals surface area contributed by atoms with Crippen LogP contribution in [0.15, 0.2) is 45.3 Å². The van der Waals surface area contributed by atoms with Gasteiger partial charge in [0.15, 0.2) is 0 Å². The van der Waals surface area contributed by atoms with Gasteiger partial charge in [-0.05, 0) is 22.0 Å². The highest BCUT2D eigenvalue weighted by Crippen LogP contribution is 2.33. The van der Waals surface area contributed by atoms with Crippen LogP contribution >= 0.6 is 15.9 Å². The predicted molar refractivity (Wildman–Crippen MR) is 84.4 cm³/mol. The minimum Gasteiger partial charge on any atom is -0.458 e. The molecule has 0 amide bonds. The summed E-state index contributed by atoms with van der Waals surface area (Å²) in [6.45, 7) is 7.05. The second kappa shape index (κ2) is 3.97. The average molecular weight is 319 g/mol. The Morgan fingerprint density at radius 3 is 2.17 bits per heavy atom. The van der Waals surface area contributed by atoms with Crippen LogP contribution in [-0.2, 0) is 0 Å². The zero-order valence-corrected chi connectivity index (χ0v) is 13.3. The van der Waals surface area contributed by atoms with Gasteiger partial charge < -0.3 is 4.42 Å². The molecule has 0 aliphatic rings. The van der Waals surface area contributed by atoms with Gasteiger partial charge in [0.25, 0.3) is 0 Å². The summed E-state index contributed by atoms with van der Waals surface area (Å²) in [5, 5.41) is 3.81. The molecule has 18 heavy (non-hydrogen) atoms. The van der Waals surface area contributed by atoms with Gasteiger partial charge in [0.05, 0.1) is 4.47 Å². The van der Waals surface area contributed by atoms with Crippen molar-refractivity contribution in [1.82, 2.24) is 0 Å². The highest BCUT2D eigenvalue weighted by atomic mass is 79.9. The van der Waals surface area contributed by atoms with Gasteiger partial charge >= 0.3 is 0 Å². The van der Waals surface area contributed by atoms with Crippen LogP contribution in [0.5, 0.6) is 0 Å². The molecule has 0 spiro atoms. The van der Waals surface area contributed by atoms with Crippen LogP contribution < -0.4 is 5.19 Å². The minimum atomic E-state index is -1.39. The Labute approximate surface area is 116 Å². The first-order chi connectivity index (χ1) is 8.48. The molecule has 0 unspecified atom stereocenters. The second-order valence-corrected chi connectivity index (χ2v) is 11.5. The third-order valence-electron chi connectivity index (χ3n) is 3.28. The lowest BCUT2D eigenvalue weighted by atomic mass is 10.1. The van der Waals surface area contributed by atoms with E-state index < -0.39 is 8.07 Å². The number of benzene rings is 2. The van der Waals surface area contributed by atoms with E-state index in [9.17, 15) is 0 Å². The van der Waals surface area contributed by atoms with E-state index in [-0.39, 0.29) is 0 Å². The smallest absolute Gasteiger partial charge is 0.149 e. The van der Waals surface area contributed by atoms with Crippen molar-refractivity contribution in [3.8, 4) is 0 Å². The number of para-hydroxylation sites is 2. The Morgan fingerprint density at radius 1 is 0.889 bits per heavy atom. The average Bonchev–Trinajstić information content (AvgIpc) is 2.68. The molecule has 0 atom stereocenters. The Balaban J connectivity index is 2.50. The number of fused-ring (bicyclic) bond motifs is 3. The summed E-state index contributed by atoms with van der Waals surface area (Å²) in [5.41, 5.74) is 2.02. The summed E-state index contributed by atoms with van der Waals surface area (Å²) >= 11 is 3.57. The molecule has 93 valence electrons. The fourth-order valence-electron chi connectivity index (χ4n) is 2.38. The van der Waals surface area contributed by atoms with Gasteiger partial charge in [-0.1, -0.05) is 30.3 Å². The summed E-state index contributed by atoms with van der Waals surface area (Å²) in [5.74, 6) is 0. The SMILES string of the molecule is C[Si-](C)(C)c1cccc2c1oc1c(Br)cccc12. The summed E-state index contributed by atoms with van der Waals surface area (Å²) in [4.78, 5) is 0. The van der Waals surface area contributed by atoms with Crippen LogP contribution in [0.2, 0.25) is 19.6 Å². The molecule has 1 aromatic heterocycles. The molecular formula is C15H15BrOSi-. The fourth-order valence-corrected chi connectivity index (χ4v) is 4.29. The largest absolute Gasteiger partial charge is 0.458 e.